The highest BCUT2D eigenvalue weighted by atomic mass is 35.5. The van der Waals surface area contributed by atoms with E-state index in [1.165, 1.54) is 19.1 Å². The maximum atomic E-state index is 12.9. The monoisotopic (exact) mass is 362 g/mol. The van der Waals surface area contributed by atoms with Crippen LogP contribution >= 0.6 is 11.6 Å². The molecule has 0 aliphatic rings. The minimum Gasteiger partial charge on any atom is -0.354 e. The summed E-state index contributed by atoms with van der Waals surface area (Å²) < 4.78 is 12.9. The predicted molar refractivity (Wildman–Crippen MR) is 97.3 cm³/mol. The number of hydrogen-bond acceptors (Lipinski definition) is 2. The van der Waals surface area contributed by atoms with Gasteiger partial charge in [-0.1, -0.05) is 23.7 Å². The molecule has 0 heterocycles. The van der Waals surface area contributed by atoms with E-state index in [1.54, 1.807) is 35.2 Å². The molecule has 2 aromatic carbocycles. The second-order valence-corrected chi connectivity index (χ2v) is 6.19. The van der Waals surface area contributed by atoms with E-state index < -0.39 is 0 Å². The molecule has 2 amide bonds. The van der Waals surface area contributed by atoms with Gasteiger partial charge < -0.3 is 10.2 Å². The molecule has 0 aromatic heterocycles. The lowest BCUT2D eigenvalue weighted by Crippen LogP contribution is -2.38. The maximum Gasteiger partial charge on any atom is 0.224 e. The molecule has 0 atom stereocenters. The summed E-state index contributed by atoms with van der Waals surface area (Å²) >= 11 is 5.95. The number of anilines is 1. The molecule has 25 heavy (non-hydrogen) atoms. The molecule has 2 aromatic rings. The zero-order valence-corrected chi connectivity index (χ0v) is 14.9. The number of carbonyl (C=O) groups is 2. The van der Waals surface area contributed by atoms with Crippen molar-refractivity contribution in [1.82, 2.24) is 5.32 Å². The van der Waals surface area contributed by atoms with Crippen LogP contribution in [0.5, 0.6) is 0 Å². The first-order valence-corrected chi connectivity index (χ1v) is 8.30. The van der Waals surface area contributed by atoms with Crippen molar-refractivity contribution in [2.45, 2.75) is 20.3 Å². The highest BCUT2D eigenvalue weighted by Crippen LogP contribution is 2.23. The minimum atomic E-state index is -0.334. The molecule has 2 rings (SSSR count). The van der Waals surface area contributed by atoms with Gasteiger partial charge in [0.05, 0.1) is 6.42 Å². The summed E-state index contributed by atoms with van der Waals surface area (Å²) in [7, 11) is 0. The first-order valence-electron chi connectivity index (χ1n) is 7.92. The highest BCUT2D eigenvalue weighted by Gasteiger charge is 2.14. The Morgan fingerprint density at radius 2 is 1.84 bits per heavy atom. The lowest BCUT2D eigenvalue weighted by Gasteiger charge is -2.23. The van der Waals surface area contributed by atoms with Crippen LogP contribution in [-0.4, -0.2) is 24.9 Å². The number of halogens is 2. The zero-order chi connectivity index (χ0) is 18.4. The van der Waals surface area contributed by atoms with Crippen LogP contribution in [0.1, 0.15) is 18.1 Å². The number of carbonyl (C=O) groups excluding carboxylic acids is 2. The summed E-state index contributed by atoms with van der Waals surface area (Å²) in [6.45, 7) is 4.04. The summed E-state index contributed by atoms with van der Waals surface area (Å²) in [6.07, 6.45) is 0.167. The Morgan fingerprint density at radius 3 is 2.44 bits per heavy atom. The lowest BCUT2D eigenvalue weighted by atomic mass is 10.1. The average Bonchev–Trinajstić information content (AvgIpc) is 2.54. The number of nitrogens with one attached hydrogen (secondary N) is 1. The van der Waals surface area contributed by atoms with E-state index in [1.807, 2.05) is 6.92 Å². The second kappa shape index (κ2) is 8.62. The maximum absolute atomic E-state index is 12.9. The quantitative estimate of drug-likeness (QED) is 0.855. The van der Waals surface area contributed by atoms with Gasteiger partial charge in [-0.05, 0) is 48.4 Å². The third kappa shape index (κ3) is 5.57. The molecule has 0 spiro atoms. The van der Waals surface area contributed by atoms with Gasteiger partial charge in [0.25, 0.3) is 0 Å². The number of benzene rings is 2. The molecule has 0 aliphatic carbocycles. The van der Waals surface area contributed by atoms with Crippen molar-refractivity contribution in [2.75, 3.05) is 18.0 Å². The Kier molecular flexibility index (Phi) is 6.53. The highest BCUT2D eigenvalue weighted by molar-refractivity contribution is 6.30. The predicted octanol–water partition coefficient (Wildman–Crippen LogP) is 3.50. The van der Waals surface area contributed by atoms with Gasteiger partial charge >= 0.3 is 0 Å². The molecule has 0 saturated heterocycles. The van der Waals surface area contributed by atoms with Gasteiger partial charge in [0.2, 0.25) is 11.8 Å². The van der Waals surface area contributed by atoms with Crippen LogP contribution in [0.25, 0.3) is 0 Å². The van der Waals surface area contributed by atoms with Crippen molar-refractivity contribution < 1.29 is 14.0 Å². The van der Waals surface area contributed by atoms with Crippen LogP contribution in [0.15, 0.2) is 42.5 Å². The number of hydrogen-bond donors (Lipinski definition) is 1. The summed E-state index contributed by atoms with van der Waals surface area (Å²) in [5.41, 5.74) is 2.39. The SMILES string of the molecule is CC(=O)N(CCNC(=O)Cc1ccc(F)cc1)c1ccc(Cl)cc1C. The van der Waals surface area contributed by atoms with Crippen molar-refractivity contribution in [2.24, 2.45) is 0 Å². The summed E-state index contributed by atoms with van der Waals surface area (Å²) in [5, 5.41) is 3.39. The fourth-order valence-electron chi connectivity index (χ4n) is 2.53. The van der Waals surface area contributed by atoms with Gasteiger partial charge in [-0.3, -0.25) is 9.59 Å². The third-order valence-corrected chi connectivity index (χ3v) is 4.00. The second-order valence-electron chi connectivity index (χ2n) is 5.75. The fourth-order valence-corrected chi connectivity index (χ4v) is 2.75. The van der Waals surface area contributed by atoms with Gasteiger partial charge in [-0.2, -0.15) is 0 Å². The topological polar surface area (TPSA) is 49.4 Å². The van der Waals surface area contributed by atoms with E-state index >= 15 is 0 Å². The van der Waals surface area contributed by atoms with E-state index in [9.17, 15) is 14.0 Å². The van der Waals surface area contributed by atoms with Crippen LogP contribution in [0.3, 0.4) is 0 Å². The zero-order valence-electron chi connectivity index (χ0n) is 14.2. The molecule has 132 valence electrons. The molecule has 4 nitrogen and oxygen atoms in total. The first kappa shape index (κ1) is 18.9. The van der Waals surface area contributed by atoms with Gasteiger partial charge in [0.1, 0.15) is 5.82 Å². The summed E-state index contributed by atoms with van der Waals surface area (Å²) in [5.74, 6) is -0.624. The number of aryl methyl sites for hydroxylation is 1. The van der Waals surface area contributed by atoms with Crippen LogP contribution < -0.4 is 10.2 Å². The first-order chi connectivity index (χ1) is 11.9. The molecule has 0 bridgehead atoms. The molecule has 1 N–H and O–H groups in total. The van der Waals surface area contributed by atoms with Crippen molar-refractivity contribution in [3.8, 4) is 0 Å². The Balaban J connectivity index is 1.92. The molecule has 0 radical (unpaired) electrons. The molecule has 0 fully saturated rings. The molecule has 0 unspecified atom stereocenters. The van der Waals surface area contributed by atoms with Crippen molar-refractivity contribution >= 4 is 29.1 Å². The summed E-state index contributed by atoms with van der Waals surface area (Å²) in [4.78, 5) is 25.5. The van der Waals surface area contributed by atoms with E-state index in [0.717, 1.165) is 16.8 Å². The fraction of sp³-hybridized carbons (Fsp3) is 0.263. The largest absolute Gasteiger partial charge is 0.354 e. The van der Waals surface area contributed by atoms with Crippen molar-refractivity contribution in [3.63, 3.8) is 0 Å². The van der Waals surface area contributed by atoms with E-state index in [2.05, 4.69) is 5.32 Å². The minimum absolute atomic E-state index is 0.113. The lowest BCUT2D eigenvalue weighted by molar-refractivity contribution is -0.121. The van der Waals surface area contributed by atoms with Crippen LogP contribution in [0, 0.1) is 12.7 Å². The third-order valence-electron chi connectivity index (χ3n) is 3.77. The molecular weight excluding hydrogens is 343 g/mol. The van der Waals surface area contributed by atoms with Crippen molar-refractivity contribution in [1.29, 1.82) is 0 Å². The number of rotatable bonds is 6. The van der Waals surface area contributed by atoms with Gasteiger partial charge in [0.15, 0.2) is 0 Å². The molecular formula is C19H20ClFN2O2. The molecule has 0 saturated carbocycles. The Labute approximate surface area is 151 Å². The van der Waals surface area contributed by atoms with E-state index in [0.29, 0.717) is 18.1 Å². The average molecular weight is 363 g/mol. The van der Waals surface area contributed by atoms with Gasteiger partial charge in [-0.25, -0.2) is 4.39 Å². The van der Waals surface area contributed by atoms with Crippen LogP contribution in [-0.2, 0) is 16.0 Å². The van der Waals surface area contributed by atoms with E-state index in [-0.39, 0.29) is 24.1 Å². The Morgan fingerprint density at radius 1 is 1.16 bits per heavy atom. The van der Waals surface area contributed by atoms with E-state index in [4.69, 9.17) is 11.6 Å². The molecule has 0 aliphatic heterocycles. The van der Waals surface area contributed by atoms with Crippen LogP contribution in [0.2, 0.25) is 5.02 Å². The van der Waals surface area contributed by atoms with Gasteiger partial charge in [-0.15, -0.1) is 0 Å². The van der Waals surface area contributed by atoms with Crippen molar-refractivity contribution in [3.05, 3.63) is 64.4 Å². The Bertz CT molecular complexity index is 763. The van der Waals surface area contributed by atoms with Gasteiger partial charge in [0, 0.05) is 30.7 Å². The molecule has 6 heteroatoms. The number of amides is 2. The normalized spacial score (nSPS) is 10.4. The smallest absolute Gasteiger partial charge is 0.224 e. The van der Waals surface area contributed by atoms with Crippen LogP contribution in [0.4, 0.5) is 10.1 Å². The standard InChI is InChI=1S/C19H20ClFN2O2/c1-13-11-16(20)5-8-18(13)23(14(2)24)10-9-22-19(25)12-15-3-6-17(21)7-4-15/h3-8,11H,9-10,12H2,1-2H3,(H,22,25). The summed E-state index contributed by atoms with van der Waals surface area (Å²) in [6, 6.07) is 11.1. The Hall–Kier alpha value is -2.40. The number of nitrogens with zero attached hydrogens (tertiary/aromatic N) is 1.